The first-order valence-corrected chi connectivity index (χ1v) is 6.90. The molecule has 0 radical (unpaired) electrons. The molecule has 3 aromatic carbocycles. The topological polar surface area (TPSA) is 9.23 Å². The van der Waals surface area contributed by atoms with Gasteiger partial charge in [-0.15, -0.1) is 0 Å². The third-order valence-electron chi connectivity index (χ3n) is 3.30. The lowest BCUT2D eigenvalue weighted by molar-refractivity contribution is 0.482. The summed E-state index contributed by atoms with van der Waals surface area (Å²) in [5.41, 5.74) is 3.25. The molecule has 3 aromatic rings. The number of rotatable bonds is 4. The van der Waals surface area contributed by atoms with E-state index in [4.69, 9.17) is 4.74 Å². The van der Waals surface area contributed by atoms with E-state index in [1.807, 2.05) is 72.8 Å². The Morgan fingerprint density at radius 3 is 1.67 bits per heavy atom. The van der Waals surface area contributed by atoms with E-state index in [-0.39, 0.29) is 0 Å². The fourth-order valence-corrected chi connectivity index (χ4v) is 2.15. The van der Waals surface area contributed by atoms with E-state index in [0.29, 0.717) is 0 Å². The number of hydrogen-bond donors (Lipinski definition) is 0. The van der Waals surface area contributed by atoms with Crippen LogP contribution in [0, 0.1) is 0 Å². The zero-order chi connectivity index (χ0) is 14.5. The summed E-state index contributed by atoms with van der Waals surface area (Å²) in [4.78, 5) is 0. The van der Waals surface area contributed by atoms with Gasteiger partial charge in [0.05, 0.1) is 0 Å². The minimum Gasteiger partial charge on any atom is -0.457 e. The van der Waals surface area contributed by atoms with Gasteiger partial charge in [0.2, 0.25) is 0 Å². The molecule has 21 heavy (non-hydrogen) atoms. The second-order valence-corrected chi connectivity index (χ2v) is 4.78. The predicted molar refractivity (Wildman–Crippen MR) is 87.5 cm³/mol. The van der Waals surface area contributed by atoms with Crippen LogP contribution in [0.25, 0.3) is 5.57 Å². The lowest BCUT2D eigenvalue weighted by atomic mass is 10.00. The smallest absolute Gasteiger partial charge is 0.127 e. The Balaban J connectivity index is 1.77. The summed E-state index contributed by atoms with van der Waals surface area (Å²) >= 11 is 0. The molecule has 0 bridgehead atoms. The van der Waals surface area contributed by atoms with Crippen molar-refractivity contribution < 1.29 is 4.74 Å². The van der Waals surface area contributed by atoms with Crippen LogP contribution in [0.3, 0.4) is 0 Å². The molecular formula is C20H16O. The summed E-state index contributed by atoms with van der Waals surface area (Å²) < 4.78 is 5.79. The molecule has 0 heterocycles. The highest BCUT2D eigenvalue weighted by Gasteiger charge is 2.02. The van der Waals surface area contributed by atoms with Gasteiger partial charge in [-0.25, -0.2) is 0 Å². The maximum atomic E-state index is 5.79. The fraction of sp³-hybridized carbons (Fsp3) is 0. The lowest BCUT2D eigenvalue weighted by Gasteiger charge is -2.09. The lowest BCUT2D eigenvalue weighted by Crippen LogP contribution is -1.87. The number of hydrogen-bond acceptors (Lipinski definition) is 1. The molecule has 0 spiro atoms. The van der Waals surface area contributed by atoms with E-state index >= 15 is 0 Å². The molecule has 3 rings (SSSR count). The van der Waals surface area contributed by atoms with Crippen molar-refractivity contribution in [1.29, 1.82) is 0 Å². The van der Waals surface area contributed by atoms with Crippen LogP contribution in [0.15, 0.2) is 91.5 Å². The van der Waals surface area contributed by atoms with Crippen LogP contribution in [-0.2, 0) is 0 Å². The first-order chi connectivity index (χ1) is 10.3. The average molecular weight is 272 g/mol. The van der Waals surface area contributed by atoms with Crippen molar-refractivity contribution in [2.75, 3.05) is 0 Å². The molecule has 1 heteroatoms. The van der Waals surface area contributed by atoms with Crippen LogP contribution in [0.5, 0.6) is 11.5 Å². The summed E-state index contributed by atoms with van der Waals surface area (Å²) in [5.74, 6) is 1.66. The van der Waals surface area contributed by atoms with Crippen LogP contribution in [-0.4, -0.2) is 0 Å². The van der Waals surface area contributed by atoms with Crippen molar-refractivity contribution in [2.24, 2.45) is 0 Å². The quantitative estimate of drug-likeness (QED) is 0.606. The summed E-state index contributed by atoms with van der Waals surface area (Å²) in [6.07, 6.45) is 0. The third-order valence-corrected chi connectivity index (χ3v) is 3.30. The van der Waals surface area contributed by atoms with Gasteiger partial charge in [0.15, 0.2) is 0 Å². The molecule has 0 aromatic heterocycles. The second kappa shape index (κ2) is 6.10. The molecule has 0 fully saturated rings. The van der Waals surface area contributed by atoms with E-state index in [0.717, 1.165) is 28.2 Å². The standard InChI is InChI=1S/C20H16O/c1-16(17-8-4-2-5-9-17)18-12-14-20(15-13-18)21-19-10-6-3-7-11-19/h2-15H,1H2. The second-order valence-electron chi connectivity index (χ2n) is 4.78. The molecule has 0 N–H and O–H groups in total. The summed E-state index contributed by atoms with van der Waals surface area (Å²) in [5, 5.41) is 0. The number of ether oxygens (including phenoxy) is 1. The van der Waals surface area contributed by atoms with Gasteiger partial charge in [-0.1, -0.05) is 67.2 Å². The predicted octanol–water partition coefficient (Wildman–Crippen LogP) is 5.54. The molecular weight excluding hydrogens is 256 g/mol. The van der Waals surface area contributed by atoms with E-state index in [9.17, 15) is 0 Å². The Kier molecular flexibility index (Phi) is 3.83. The maximum absolute atomic E-state index is 5.79. The van der Waals surface area contributed by atoms with E-state index in [1.165, 1.54) is 0 Å². The van der Waals surface area contributed by atoms with Gasteiger partial charge in [0, 0.05) is 0 Å². The van der Waals surface area contributed by atoms with Gasteiger partial charge >= 0.3 is 0 Å². The Morgan fingerprint density at radius 2 is 1.05 bits per heavy atom. The fourth-order valence-electron chi connectivity index (χ4n) is 2.15. The third kappa shape index (κ3) is 3.21. The normalized spacial score (nSPS) is 10.1. The molecule has 0 unspecified atom stereocenters. The van der Waals surface area contributed by atoms with Gasteiger partial charge in [-0.2, -0.15) is 0 Å². The first kappa shape index (κ1) is 13.2. The summed E-state index contributed by atoms with van der Waals surface area (Å²) in [7, 11) is 0. The summed E-state index contributed by atoms with van der Waals surface area (Å²) in [6.45, 7) is 4.17. The molecule has 0 aliphatic heterocycles. The summed E-state index contributed by atoms with van der Waals surface area (Å²) in [6, 6.07) is 28.0. The highest BCUT2D eigenvalue weighted by Crippen LogP contribution is 2.26. The van der Waals surface area contributed by atoms with Gasteiger partial charge < -0.3 is 4.74 Å². The van der Waals surface area contributed by atoms with Crippen LogP contribution in [0.4, 0.5) is 0 Å². The van der Waals surface area contributed by atoms with Crippen LogP contribution < -0.4 is 4.74 Å². The Labute approximate surface area is 125 Å². The molecule has 1 nitrogen and oxygen atoms in total. The van der Waals surface area contributed by atoms with Gasteiger partial charge in [-0.3, -0.25) is 0 Å². The Hall–Kier alpha value is -2.80. The van der Waals surface area contributed by atoms with Crippen LogP contribution in [0.1, 0.15) is 11.1 Å². The Morgan fingerprint density at radius 1 is 0.571 bits per heavy atom. The van der Waals surface area contributed by atoms with Crippen LogP contribution in [0.2, 0.25) is 0 Å². The van der Waals surface area contributed by atoms with E-state index in [1.54, 1.807) is 0 Å². The number of benzene rings is 3. The molecule has 0 amide bonds. The molecule has 0 aliphatic rings. The minimum atomic E-state index is 0.825. The monoisotopic (exact) mass is 272 g/mol. The Bertz CT molecular complexity index is 713. The van der Waals surface area contributed by atoms with Crippen molar-refractivity contribution in [3.8, 4) is 11.5 Å². The SMILES string of the molecule is C=C(c1ccccc1)c1ccc(Oc2ccccc2)cc1. The zero-order valence-corrected chi connectivity index (χ0v) is 11.7. The zero-order valence-electron chi connectivity index (χ0n) is 11.7. The van der Waals surface area contributed by atoms with Gasteiger partial charge in [-0.05, 0) is 41.0 Å². The molecule has 0 saturated carbocycles. The van der Waals surface area contributed by atoms with Crippen molar-refractivity contribution >= 4 is 5.57 Å². The van der Waals surface area contributed by atoms with Crippen LogP contribution >= 0.6 is 0 Å². The van der Waals surface area contributed by atoms with Gasteiger partial charge in [0.1, 0.15) is 11.5 Å². The highest BCUT2D eigenvalue weighted by atomic mass is 16.5. The number of para-hydroxylation sites is 1. The molecule has 0 atom stereocenters. The van der Waals surface area contributed by atoms with E-state index < -0.39 is 0 Å². The highest BCUT2D eigenvalue weighted by molar-refractivity contribution is 5.78. The minimum absolute atomic E-state index is 0.825. The first-order valence-electron chi connectivity index (χ1n) is 6.90. The molecule has 102 valence electrons. The molecule has 0 saturated heterocycles. The van der Waals surface area contributed by atoms with Crippen molar-refractivity contribution in [3.05, 3.63) is 103 Å². The molecule has 0 aliphatic carbocycles. The average Bonchev–Trinajstić information content (AvgIpc) is 2.57. The maximum Gasteiger partial charge on any atom is 0.127 e. The van der Waals surface area contributed by atoms with Crippen molar-refractivity contribution in [2.45, 2.75) is 0 Å². The largest absolute Gasteiger partial charge is 0.457 e. The van der Waals surface area contributed by atoms with E-state index in [2.05, 4.69) is 18.7 Å². The van der Waals surface area contributed by atoms with Crippen molar-refractivity contribution in [1.82, 2.24) is 0 Å². The van der Waals surface area contributed by atoms with Crippen molar-refractivity contribution in [3.63, 3.8) is 0 Å². The van der Waals surface area contributed by atoms with Gasteiger partial charge in [0.25, 0.3) is 0 Å².